The predicted octanol–water partition coefficient (Wildman–Crippen LogP) is 3.31. The number of hydrogen-bond acceptors (Lipinski definition) is 5. The molecule has 168 valence electrons. The minimum Gasteiger partial charge on any atom is -0.361 e. The lowest BCUT2D eigenvalue weighted by molar-refractivity contribution is -0.133. The van der Waals surface area contributed by atoms with Crippen LogP contribution in [0.3, 0.4) is 0 Å². The second-order valence-electron chi connectivity index (χ2n) is 8.07. The Bertz CT molecular complexity index is 1230. The molecule has 1 aliphatic rings. The molecule has 3 aromatic heterocycles. The van der Waals surface area contributed by atoms with Crippen LogP contribution in [0.1, 0.15) is 15.2 Å². The number of nitrogens with zero attached hydrogens (tertiary/aromatic N) is 3. The smallest absolute Gasteiger partial charge is 0.262 e. The summed E-state index contributed by atoms with van der Waals surface area (Å²) in [5, 5.41) is 5.94. The fourth-order valence-electron chi connectivity index (χ4n) is 4.27. The summed E-state index contributed by atoms with van der Waals surface area (Å²) in [6, 6.07) is 16.8. The number of para-hydroxylation sites is 1. The number of nitrogens with one attached hydrogen (secondary N) is 2. The van der Waals surface area contributed by atoms with Gasteiger partial charge < -0.3 is 20.1 Å². The molecule has 5 rings (SSSR count). The lowest BCUT2D eigenvalue weighted by Crippen LogP contribution is -2.55. The molecule has 0 radical (unpaired) electrons. The Kier molecular flexibility index (Phi) is 6.08. The zero-order chi connectivity index (χ0) is 22.6. The summed E-state index contributed by atoms with van der Waals surface area (Å²) >= 11 is 1.37. The molecule has 0 bridgehead atoms. The van der Waals surface area contributed by atoms with Crippen LogP contribution in [0.25, 0.3) is 10.9 Å². The topological polar surface area (TPSA) is 81.3 Å². The van der Waals surface area contributed by atoms with E-state index in [0.717, 1.165) is 22.3 Å². The van der Waals surface area contributed by atoms with Crippen molar-refractivity contribution < 1.29 is 9.59 Å². The number of carbonyl (C=O) groups excluding carboxylic acids is 2. The maximum atomic E-state index is 13.6. The molecule has 1 aromatic carbocycles. The van der Waals surface area contributed by atoms with E-state index >= 15 is 0 Å². The van der Waals surface area contributed by atoms with Crippen LogP contribution >= 0.6 is 11.3 Å². The Morgan fingerprint density at radius 3 is 2.61 bits per heavy atom. The number of benzene rings is 1. The Morgan fingerprint density at radius 2 is 1.85 bits per heavy atom. The third kappa shape index (κ3) is 4.61. The summed E-state index contributed by atoms with van der Waals surface area (Å²) < 4.78 is 0. The second-order valence-corrected chi connectivity index (χ2v) is 9.01. The molecular formula is C25H25N5O2S. The summed E-state index contributed by atoms with van der Waals surface area (Å²) in [4.78, 5) is 38.7. The van der Waals surface area contributed by atoms with Gasteiger partial charge in [-0.3, -0.25) is 9.59 Å². The molecule has 0 aliphatic carbocycles. The summed E-state index contributed by atoms with van der Waals surface area (Å²) in [7, 11) is 0. The van der Waals surface area contributed by atoms with Crippen molar-refractivity contribution in [2.45, 2.75) is 12.5 Å². The van der Waals surface area contributed by atoms with Crippen LogP contribution in [0.5, 0.6) is 0 Å². The van der Waals surface area contributed by atoms with Gasteiger partial charge in [0.1, 0.15) is 11.9 Å². The largest absolute Gasteiger partial charge is 0.361 e. The number of piperazine rings is 1. The maximum absolute atomic E-state index is 13.6. The minimum absolute atomic E-state index is 0.0501. The molecule has 2 amide bonds. The fourth-order valence-corrected chi connectivity index (χ4v) is 4.90. The third-order valence-corrected chi connectivity index (χ3v) is 6.88. The van der Waals surface area contributed by atoms with Crippen LogP contribution in [0, 0.1) is 0 Å². The molecular weight excluding hydrogens is 434 g/mol. The number of H-pyrrole nitrogens is 1. The van der Waals surface area contributed by atoms with Crippen molar-refractivity contribution in [3.8, 4) is 0 Å². The zero-order valence-electron chi connectivity index (χ0n) is 18.1. The van der Waals surface area contributed by atoms with Crippen molar-refractivity contribution in [3.63, 3.8) is 0 Å². The first kappa shape index (κ1) is 21.2. The number of aromatic nitrogens is 2. The second kappa shape index (κ2) is 9.46. The van der Waals surface area contributed by atoms with Crippen LogP contribution in [0.4, 0.5) is 5.82 Å². The molecule has 4 heterocycles. The number of carbonyl (C=O) groups is 2. The van der Waals surface area contributed by atoms with E-state index in [1.54, 1.807) is 12.3 Å². The van der Waals surface area contributed by atoms with Gasteiger partial charge in [0, 0.05) is 55.9 Å². The van der Waals surface area contributed by atoms with E-state index < -0.39 is 6.04 Å². The van der Waals surface area contributed by atoms with E-state index in [9.17, 15) is 9.59 Å². The molecule has 1 atom stereocenters. The van der Waals surface area contributed by atoms with Gasteiger partial charge in [-0.1, -0.05) is 30.3 Å². The van der Waals surface area contributed by atoms with E-state index in [1.807, 2.05) is 65.0 Å². The van der Waals surface area contributed by atoms with Gasteiger partial charge in [0.05, 0.1) is 4.88 Å². The molecule has 1 fully saturated rings. The molecule has 8 heteroatoms. The zero-order valence-corrected chi connectivity index (χ0v) is 18.9. The van der Waals surface area contributed by atoms with E-state index in [-0.39, 0.29) is 11.8 Å². The quantitative estimate of drug-likeness (QED) is 0.464. The van der Waals surface area contributed by atoms with Gasteiger partial charge >= 0.3 is 0 Å². The SMILES string of the molecule is O=C(N[C@@H](Cc1c[nH]c2ccccc12)C(=O)N1CCN(c2ccccn2)CC1)c1cccs1. The Labute approximate surface area is 196 Å². The fraction of sp³-hybridized carbons (Fsp3) is 0.240. The van der Waals surface area contributed by atoms with Crippen molar-refractivity contribution in [2.75, 3.05) is 31.1 Å². The first-order valence-electron chi connectivity index (χ1n) is 11.0. The summed E-state index contributed by atoms with van der Waals surface area (Å²) in [5.74, 6) is 0.659. The highest BCUT2D eigenvalue weighted by molar-refractivity contribution is 7.12. The highest BCUT2D eigenvalue weighted by Gasteiger charge is 2.30. The number of hydrogen-bond donors (Lipinski definition) is 2. The highest BCUT2D eigenvalue weighted by Crippen LogP contribution is 2.21. The number of rotatable bonds is 6. The van der Waals surface area contributed by atoms with E-state index in [2.05, 4.69) is 20.2 Å². The van der Waals surface area contributed by atoms with Crippen molar-refractivity contribution in [2.24, 2.45) is 0 Å². The predicted molar refractivity (Wildman–Crippen MR) is 131 cm³/mol. The molecule has 1 saturated heterocycles. The van der Waals surface area contributed by atoms with Gasteiger partial charge in [-0.25, -0.2) is 4.98 Å². The number of anilines is 1. The summed E-state index contributed by atoms with van der Waals surface area (Å²) in [6.07, 6.45) is 4.14. The average molecular weight is 460 g/mol. The van der Waals surface area contributed by atoms with Crippen LogP contribution in [-0.4, -0.2) is 58.9 Å². The Hall–Kier alpha value is -3.65. The number of thiophene rings is 1. The van der Waals surface area contributed by atoms with Crippen LogP contribution in [-0.2, 0) is 11.2 Å². The van der Waals surface area contributed by atoms with E-state index in [1.165, 1.54) is 11.3 Å². The molecule has 33 heavy (non-hydrogen) atoms. The van der Waals surface area contributed by atoms with Gasteiger partial charge in [-0.05, 0) is 35.2 Å². The highest BCUT2D eigenvalue weighted by atomic mass is 32.1. The summed E-state index contributed by atoms with van der Waals surface area (Å²) in [6.45, 7) is 2.60. The number of fused-ring (bicyclic) bond motifs is 1. The maximum Gasteiger partial charge on any atom is 0.262 e. The van der Waals surface area contributed by atoms with Crippen molar-refractivity contribution >= 4 is 39.9 Å². The van der Waals surface area contributed by atoms with Crippen molar-refractivity contribution in [3.05, 3.63) is 82.8 Å². The molecule has 0 saturated carbocycles. The lowest BCUT2D eigenvalue weighted by atomic mass is 10.0. The number of amides is 2. The molecule has 4 aromatic rings. The minimum atomic E-state index is -0.639. The molecule has 1 aliphatic heterocycles. The van der Waals surface area contributed by atoms with E-state index in [0.29, 0.717) is 37.5 Å². The molecule has 0 unspecified atom stereocenters. The average Bonchev–Trinajstić information content (AvgIpc) is 3.55. The van der Waals surface area contributed by atoms with Gasteiger partial charge in [0.2, 0.25) is 5.91 Å². The normalized spacial score (nSPS) is 14.9. The molecule has 7 nitrogen and oxygen atoms in total. The van der Waals surface area contributed by atoms with Gasteiger partial charge in [-0.15, -0.1) is 11.3 Å². The van der Waals surface area contributed by atoms with Crippen LogP contribution in [0.2, 0.25) is 0 Å². The van der Waals surface area contributed by atoms with E-state index in [4.69, 9.17) is 0 Å². The first-order valence-corrected chi connectivity index (χ1v) is 11.9. The monoisotopic (exact) mass is 459 g/mol. The van der Waals surface area contributed by atoms with Gasteiger partial charge in [-0.2, -0.15) is 0 Å². The number of aromatic amines is 1. The Morgan fingerprint density at radius 1 is 1.03 bits per heavy atom. The van der Waals surface area contributed by atoms with Crippen molar-refractivity contribution in [1.82, 2.24) is 20.2 Å². The molecule has 2 N–H and O–H groups in total. The van der Waals surface area contributed by atoms with Crippen molar-refractivity contribution in [1.29, 1.82) is 0 Å². The van der Waals surface area contributed by atoms with Gasteiger partial charge in [0.25, 0.3) is 5.91 Å². The standard InChI is InChI=1S/C25H25N5O2S/c31-24(22-8-5-15-33-22)28-21(16-18-17-27-20-7-2-1-6-19(18)20)25(32)30-13-11-29(12-14-30)23-9-3-4-10-26-23/h1-10,15,17,21,27H,11-14,16H2,(H,28,31)/t21-/m0/s1. The van der Waals surface area contributed by atoms with Gasteiger partial charge in [0.15, 0.2) is 0 Å². The Balaban J connectivity index is 1.33. The first-order chi connectivity index (χ1) is 16.2. The van der Waals surface area contributed by atoms with Crippen LogP contribution < -0.4 is 10.2 Å². The lowest BCUT2D eigenvalue weighted by Gasteiger charge is -2.37. The summed E-state index contributed by atoms with van der Waals surface area (Å²) in [5.41, 5.74) is 2.04. The molecule has 0 spiro atoms. The third-order valence-electron chi connectivity index (χ3n) is 6.01. The van der Waals surface area contributed by atoms with Crippen LogP contribution in [0.15, 0.2) is 72.4 Å². The number of pyridine rings is 1.